The number of amides is 2. The summed E-state index contributed by atoms with van der Waals surface area (Å²) in [6, 6.07) is 14.8. The molecule has 0 spiro atoms. The van der Waals surface area contributed by atoms with E-state index in [4.69, 9.17) is 13.9 Å². The van der Waals surface area contributed by atoms with Gasteiger partial charge in [-0.1, -0.05) is 31.2 Å². The van der Waals surface area contributed by atoms with Crippen molar-refractivity contribution in [1.29, 1.82) is 0 Å². The van der Waals surface area contributed by atoms with Gasteiger partial charge >= 0.3 is 0 Å². The first-order valence-corrected chi connectivity index (χ1v) is 12.5. The van der Waals surface area contributed by atoms with E-state index in [1.165, 1.54) is 23.8 Å². The van der Waals surface area contributed by atoms with Crippen LogP contribution in [0.2, 0.25) is 0 Å². The van der Waals surface area contributed by atoms with Crippen LogP contribution in [-0.4, -0.2) is 47.6 Å². The summed E-state index contributed by atoms with van der Waals surface area (Å²) >= 11 is 0. The number of aryl methyl sites for hydroxylation is 1. The zero-order valence-corrected chi connectivity index (χ0v) is 22.3. The highest BCUT2D eigenvalue weighted by atomic mass is 16.5. The highest BCUT2D eigenvalue weighted by molar-refractivity contribution is 6.02. The van der Waals surface area contributed by atoms with Crippen LogP contribution in [0.25, 0.3) is 11.0 Å². The van der Waals surface area contributed by atoms with E-state index in [0.29, 0.717) is 52.2 Å². The van der Waals surface area contributed by atoms with Gasteiger partial charge in [-0.3, -0.25) is 14.5 Å². The molecule has 0 bridgehead atoms. The molecule has 0 radical (unpaired) electrons. The van der Waals surface area contributed by atoms with E-state index in [1.807, 2.05) is 24.3 Å². The number of hydrogen-bond acceptors (Lipinski definition) is 7. The van der Waals surface area contributed by atoms with Crippen molar-refractivity contribution in [2.24, 2.45) is 5.92 Å². The molecule has 2 aromatic heterocycles. The highest BCUT2D eigenvalue weighted by Crippen LogP contribution is 2.38. The topological polar surface area (TPSA) is 112 Å². The average Bonchev–Trinajstić information content (AvgIpc) is 3.52. The molecule has 1 N–H and O–H groups in total. The van der Waals surface area contributed by atoms with E-state index in [-0.39, 0.29) is 12.5 Å². The highest BCUT2D eigenvalue weighted by Gasteiger charge is 2.37. The number of methoxy groups -OCH3 is 2. The van der Waals surface area contributed by atoms with E-state index < -0.39 is 11.9 Å². The number of rotatable bonds is 11. The van der Waals surface area contributed by atoms with Crippen LogP contribution in [0.5, 0.6) is 11.5 Å². The van der Waals surface area contributed by atoms with Crippen LogP contribution in [0.15, 0.2) is 59.0 Å². The third-order valence-corrected chi connectivity index (χ3v) is 6.18. The van der Waals surface area contributed by atoms with E-state index in [9.17, 15) is 9.59 Å². The van der Waals surface area contributed by atoms with Gasteiger partial charge in [0.25, 0.3) is 5.91 Å². The molecule has 4 rings (SSSR count). The van der Waals surface area contributed by atoms with Gasteiger partial charge < -0.3 is 19.2 Å². The van der Waals surface area contributed by atoms with Crippen molar-refractivity contribution in [1.82, 2.24) is 20.3 Å². The zero-order valence-electron chi connectivity index (χ0n) is 22.3. The van der Waals surface area contributed by atoms with E-state index in [1.54, 1.807) is 37.3 Å². The molecule has 1 unspecified atom stereocenters. The standard InChI is InChI=1S/C28H33N5O5/c1-18(2)14-15-29-28(35)27(25-12-10-19(3)38-25)33(23-16-20(36-4)11-13-24(23)37-5)26(34)17-32-22-9-7-6-8-21(22)30-31-32/h6-13,16,18,27H,14-15,17H2,1-5H3,(H,29,35). The molecule has 0 aliphatic rings. The number of carbonyl (C=O) groups excluding carboxylic acids is 2. The average molecular weight is 520 g/mol. The van der Waals surface area contributed by atoms with Gasteiger partial charge in [-0.25, -0.2) is 4.68 Å². The van der Waals surface area contributed by atoms with E-state index in [0.717, 1.165) is 6.42 Å². The van der Waals surface area contributed by atoms with Crippen molar-refractivity contribution in [3.8, 4) is 11.5 Å². The van der Waals surface area contributed by atoms with Crippen LogP contribution in [-0.2, 0) is 16.1 Å². The zero-order chi connectivity index (χ0) is 27.2. The number of anilines is 1. The largest absolute Gasteiger partial charge is 0.497 e. The Morgan fingerprint density at radius 2 is 1.87 bits per heavy atom. The predicted octanol–water partition coefficient (Wildman–Crippen LogP) is 4.29. The number of nitrogens with one attached hydrogen (secondary N) is 1. The Morgan fingerprint density at radius 1 is 1.08 bits per heavy atom. The molecule has 2 aromatic carbocycles. The maximum Gasteiger partial charge on any atom is 0.251 e. The first-order valence-electron chi connectivity index (χ1n) is 12.5. The van der Waals surface area contributed by atoms with Gasteiger partial charge in [0.15, 0.2) is 6.04 Å². The van der Waals surface area contributed by atoms with Gasteiger partial charge in [-0.05, 0) is 55.7 Å². The van der Waals surface area contributed by atoms with Gasteiger partial charge in [0.05, 0.1) is 25.4 Å². The summed E-state index contributed by atoms with van der Waals surface area (Å²) in [6.45, 7) is 6.24. The van der Waals surface area contributed by atoms with Crippen LogP contribution in [0, 0.1) is 12.8 Å². The Hall–Kier alpha value is -4.34. The Labute approximate surface area is 221 Å². The van der Waals surface area contributed by atoms with Gasteiger partial charge in [0, 0.05) is 12.6 Å². The number of aromatic nitrogens is 3. The summed E-state index contributed by atoms with van der Waals surface area (Å²) in [4.78, 5) is 29.3. The molecular weight excluding hydrogens is 486 g/mol. The molecular formula is C28H33N5O5. The third-order valence-electron chi connectivity index (χ3n) is 6.18. The number of hydrogen-bond donors (Lipinski definition) is 1. The number of para-hydroxylation sites is 1. The van der Waals surface area contributed by atoms with Gasteiger partial charge in [-0.2, -0.15) is 0 Å². The lowest BCUT2D eigenvalue weighted by molar-refractivity contribution is -0.127. The maximum atomic E-state index is 14.1. The molecule has 2 amide bonds. The van der Waals surface area contributed by atoms with Crippen LogP contribution in [0.3, 0.4) is 0 Å². The number of fused-ring (bicyclic) bond motifs is 1. The molecule has 10 nitrogen and oxygen atoms in total. The van der Waals surface area contributed by atoms with Crippen LogP contribution >= 0.6 is 0 Å². The number of nitrogens with zero attached hydrogens (tertiary/aromatic N) is 4. The fourth-order valence-corrected chi connectivity index (χ4v) is 4.20. The van der Waals surface area contributed by atoms with Crippen LogP contribution < -0.4 is 19.7 Å². The number of furan rings is 1. The first kappa shape index (κ1) is 26.7. The van der Waals surface area contributed by atoms with Gasteiger partial charge in [0.1, 0.15) is 35.1 Å². The second kappa shape index (κ2) is 11.8. The quantitative estimate of drug-likeness (QED) is 0.315. The Balaban J connectivity index is 1.82. The smallest absolute Gasteiger partial charge is 0.251 e. The third kappa shape index (κ3) is 5.80. The molecule has 4 aromatic rings. The Morgan fingerprint density at radius 3 is 2.55 bits per heavy atom. The fourth-order valence-electron chi connectivity index (χ4n) is 4.20. The number of carbonyl (C=O) groups is 2. The van der Waals surface area contributed by atoms with Crippen LogP contribution in [0.1, 0.15) is 37.8 Å². The van der Waals surface area contributed by atoms with Crippen LogP contribution in [0.4, 0.5) is 5.69 Å². The molecule has 0 aliphatic heterocycles. The minimum absolute atomic E-state index is 0.170. The lowest BCUT2D eigenvalue weighted by atomic mass is 10.1. The van der Waals surface area contributed by atoms with Crippen molar-refractivity contribution >= 4 is 28.5 Å². The minimum atomic E-state index is -1.11. The molecule has 2 heterocycles. The van der Waals surface area contributed by atoms with Crippen molar-refractivity contribution in [2.75, 3.05) is 25.7 Å². The van der Waals surface area contributed by atoms with Crippen molar-refractivity contribution in [3.05, 3.63) is 66.1 Å². The van der Waals surface area contributed by atoms with E-state index in [2.05, 4.69) is 29.5 Å². The Kier molecular flexibility index (Phi) is 8.30. The van der Waals surface area contributed by atoms with E-state index >= 15 is 0 Å². The summed E-state index contributed by atoms with van der Waals surface area (Å²) < 4.78 is 18.5. The van der Waals surface area contributed by atoms with Gasteiger partial charge in [0.2, 0.25) is 5.91 Å². The molecule has 200 valence electrons. The summed E-state index contributed by atoms with van der Waals surface area (Å²) in [6.07, 6.45) is 0.789. The molecule has 10 heteroatoms. The van der Waals surface area contributed by atoms with Crippen molar-refractivity contribution < 1.29 is 23.5 Å². The monoisotopic (exact) mass is 519 g/mol. The first-order chi connectivity index (χ1) is 18.3. The second-order valence-corrected chi connectivity index (χ2v) is 9.36. The molecule has 0 saturated carbocycles. The number of ether oxygens (including phenoxy) is 2. The molecule has 0 saturated heterocycles. The van der Waals surface area contributed by atoms with Gasteiger partial charge in [-0.15, -0.1) is 5.10 Å². The molecule has 0 aliphatic carbocycles. The minimum Gasteiger partial charge on any atom is -0.497 e. The Bertz CT molecular complexity index is 1410. The normalized spacial score (nSPS) is 11.9. The lowest BCUT2D eigenvalue weighted by Crippen LogP contribution is -2.45. The number of benzene rings is 2. The van der Waals surface area contributed by atoms with Crippen molar-refractivity contribution in [3.63, 3.8) is 0 Å². The van der Waals surface area contributed by atoms with Crippen molar-refractivity contribution in [2.45, 2.75) is 39.8 Å². The summed E-state index contributed by atoms with van der Waals surface area (Å²) in [7, 11) is 3.04. The summed E-state index contributed by atoms with van der Waals surface area (Å²) in [5, 5.41) is 11.3. The summed E-state index contributed by atoms with van der Waals surface area (Å²) in [5.41, 5.74) is 1.72. The SMILES string of the molecule is COc1ccc(OC)c(N(C(=O)Cn2nnc3ccccc32)C(C(=O)NCCC(C)C)c2ccc(C)o2)c1. The molecule has 38 heavy (non-hydrogen) atoms. The fraction of sp³-hybridized carbons (Fsp3) is 0.357. The summed E-state index contributed by atoms with van der Waals surface area (Å²) in [5.74, 6) is 1.45. The molecule has 0 fully saturated rings. The maximum absolute atomic E-state index is 14.1. The lowest BCUT2D eigenvalue weighted by Gasteiger charge is -2.31. The predicted molar refractivity (Wildman–Crippen MR) is 143 cm³/mol. The molecule has 1 atom stereocenters. The second-order valence-electron chi connectivity index (χ2n) is 9.36.